The molecule has 1 aliphatic heterocycles. The van der Waals surface area contributed by atoms with Crippen LogP contribution < -0.4 is 5.32 Å². The maximum Gasteiger partial charge on any atom is 0.223 e. The van der Waals surface area contributed by atoms with E-state index in [1.165, 1.54) is 12.1 Å². The molecule has 1 N–H and O–H groups in total. The van der Waals surface area contributed by atoms with Crippen LogP contribution in [-0.2, 0) is 13.0 Å². The van der Waals surface area contributed by atoms with Crippen molar-refractivity contribution in [1.29, 1.82) is 0 Å². The molecule has 7 nitrogen and oxygen atoms in total. The number of hydrogen-bond donors (Lipinski definition) is 1. The van der Waals surface area contributed by atoms with Crippen molar-refractivity contribution < 1.29 is 4.39 Å². The fraction of sp³-hybridized carbons (Fsp3) is 0.304. The van der Waals surface area contributed by atoms with Crippen LogP contribution in [-0.4, -0.2) is 35.6 Å². The minimum atomic E-state index is -0.261. The maximum atomic E-state index is 13.6. The molecule has 0 unspecified atom stereocenters. The molecular weight excluding hydrogens is 393 g/mol. The zero-order valence-electron chi connectivity index (χ0n) is 17.4. The third-order valence-electron chi connectivity index (χ3n) is 5.58. The Bertz CT molecular complexity index is 1170. The molecule has 5 rings (SSSR count). The van der Waals surface area contributed by atoms with Crippen LogP contribution >= 0.6 is 0 Å². The predicted molar refractivity (Wildman–Crippen MR) is 117 cm³/mol. The lowest BCUT2D eigenvalue weighted by atomic mass is 10.1. The Morgan fingerprint density at radius 2 is 2.00 bits per heavy atom. The van der Waals surface area contributed by atoms with Crippen molar-refractivity contribution in [2.24, 2.45) is 0 Å². The summed E-state index contributed by atoms with van der Waals surface area (Å²) >= 11 is 0. The van der Waals surface area contributed by atoms with Crippen molar-refractivity contribution in [2.75, 3.05) is 11.9 Å². The minimum absolute atomic E-state index is 0.239. The zero-order chi connectivity index (χ0) is 21.2. The summed E-state index contributed by atoms with van der Waals surface area (Å²) in [5, 5.41) is 3.26. The lowest BCUT2D eigenvalue weighted by molar-refractivity contribution is 0.451. The summed E-state index contributed by atoms with van der Waals surface area (Å²) in [4.78, 5) is 18.3. The third-order valence-corrected chi connectivity index (χ3v) is 5.58. The summed E-state index contributed by atoms with van der Waals surface area (Å²) in [6.45, 7) is 3.72. The molecular formula is C23H24FN7. The number of imidazole rings is 2. The van der Waals surface area contributed by atoms with E-state index in [1.807, 2.05) is 18.6 Å². The summed E-state index contributed by atoms with van der Waals surface area (Å²) in [5.74, 6) is 1.37. The van der Waals surface area contributed by atoms with Gasteiger partial charge in [0.05, 0.1) is 29.5 Å². The minimum Gasteiger partial charge on any atom is -0.354 e. The summed E-state index contributed by atoms with van der Waals surface area (Å²) in [6, 6.07) is 8.66. The molecule has 158 valence electrons. The van der Waals surface area contributed by atoms with Gasteiger partial charge in [0.25, 0.3) is 0 Å². The SMILES string of the molecule is CCCNc1nccc(-c2c(-c3ccc(F)cc3)nc3n2[C@H](Cn2ccnc2)CC3)n1. The third kappa shape index (κ3) is 3.81. The number of benzene rings is 1. The van der Waals surface area contributed by atoms with E-state index in [0.717, 1.165) is 60.8 Å². The number of anilines is 1. The van der Waals surface area contributed by atoms with Crippen LogP contribution in [0.1, 0.15) is 31.6 Å². The van der Waals surface area contributed by atoms with Crippen LogP contribution in [0.25, 0.3) is 22.6 Å². The normalized spacial score (nSPS) is 15.2. The van der Waals surface area contributed by atoms with Crippen molar-refractivity contribution in [3.8, 4) is 22.6 Å². The highest BCUT2D eigenvalue weighted by molar-refractivity contribution is 5.78. The molecule has 0 bridgehead atoms. The Hall–Kier alpha value is -3.55. The average molecular weight is 417 g/mol. The van der Waals surface area contributed by atoms with Gasteiger partial charge in [-0.3, -0.25) is 0 Å². The highest BCUT2D eigenvalue weighted by atomic mass is 19.1. The van der Waals surface area contributed by atoms with E-state index in [1.54, 1.807) is 24.5 Å². The molecule has 8 heteroatoms. The van der Waals surface area contributed by atoms with Crippen molar-refractivity contribution in [3.63, 3.8) is 0 Å². The first-order valence-electron chi connectivity index (χ1n) is 10.6. The van der Waals surface area contributed by atoms with E-state index in [0.29, 0.717) is 5.95 Å². The number of rotatable bonds is 7. The summed E-state index contributed by atoms with van der Waals surface area (Å²) in [6.07, 6.45) is 10.3. The maximum absolute atomic E-state index is 13.6. The largest absolute Gasteiger partial charge is 0.354 e. The first-order chi connectivity index (χ1) is 15.2. The first kappa shape index (κ1) is 19.4. The van der Waals surface area contributed by atoms with Gasteiger partial charge >= 0.3 is 0 Å². The lowest BCUT2D eigenvalue weighted by Gasteiger charge is -2.18. The van der Waals surface area contributed by atoms with Crippen molar-refractivity contribution in [2.45, 2.75) is 38.8 Å². The molecule has 0 saturated carbocycles. The Morgan fingerprint density at radius 3 is 2.77 bits per heavy atom. The van der Waals surface area contributed by atoms with Crippen LogP contribution in [0.15, 0.2) is 55.2 Å². The molecule has 31 heavy (non-hydrogen) atoms. The van der Waals surface area contributed by atoms with Crippen molar-refractivity contribution >= 4 is 5.95 Å². The molecule has 0 aliphatic carbocycles. The van der Waals surface area contributed by atoms with Gasteiger partial charge in [-0.2, -0.15) is 0 Å². The average Bonchev–Trinajstić information content (AvgIpc) is 3.51. The van der Waals surface area contributed by atoms with Gasteiger partial charge in [0.15, 0.2) is 0 Å². The monoisotopic (exact) mass is 417 g/mol. The fourth-order valence-corrected chi connectivity index (χ4v) is 4.15. The number of nitrogens with one attached hydrogen (secondary N) is 1. The van der Waals surface area contributed by atoms with Gasteiger partial charge in [-0.1, -0.05) is 6.92 Å². The van der Waals surface area contributed by atoms with E-state index in [9.17, 15) is 4.39 Å². The van der Waals surface area contributed by atoms with E-state index in [2.05, 4.69) is 31.3 Å². The number of hydrogen-bond acceptors (Lipinski definition) is 5. The molecule has 0 fully saturated rings. The molecule has 1 aromatic carbocycles. The molecule has 1 aliphatic rings. The Kier molecular flexibility index (Phi) is 5.19. The van der Waals surface area contributed by atoms with Crippen LogP contribution in [0.2, 0.25) is 0 Å². The smallest absolute Gasteiger partial charge is 0.223 e. The Balaban J connectivity index is 1.63. The molecule has 4 aromatic rings. The van der Waals surface area contributed by atoms with Crippen LogP contribution in [0.5, 0.6) is 0 Å². The fourth-order valence-electron chi connectivity index (χ4n) is 4.15. The molecule has 0 spiro atoms. The zero-order valence-corrected chi connectivity index (χ0v) is 17.4. The predicted octanol–water partition coefficient (Wildman–Crippen LogP) is 4.35. The molecule has 0 saturated heterocycles. The second-order valence-corrected chi connectivity index (χ2v) is 7.75. The summed E-state index contributed by atoms with van der Waals surface area (Å²) < 4.78 is 18.0. The lowest BCUT2D eigenvalue weighted by Crippen LogP contribution is -2.13. The van der Waals surface area contributed by atoms with E-state index in [4.69, 9.17) is 9.97 Å². The first-order valence-corrected chi connectivity index (χ1v) is 10.6. The number of aryl methyl sites for hydroxylation is 1. The van der Waals surface area contributed by atoms with Gasteiger partial charge in [0.2, 0.25) is 5.95 Å². The van der Waals surface area contributed by atoms with Gasteiger partial charge < -0.3 is 14.5 Å². The van der Waals surface area contributed by atoms with Gasteiger partial charge in [-0.25, -0.2) is 24.3 Å². The number of fused-ring (bicyclic) bond motifs is 1. The number of halogens is 1. The van der Waals surface area contributed by atoms with Crippen LogP contribution in [0.3, 0.4) is 0 Å². The van der Waals surface area contributed by atoms with Gasteiger partial charge in [-0.05, 0) is 43.2 Å². The Labute approximate surface area is 180 Å². The standard InChI is InChI=1S/C23H24FN7/c1-2-10-26-23-27-11-9-19(28-23)22-21(16-3-5-17(24)6-4-16)29-20-8-7-18(31(20)22)14-30-13-12-25-15-30/h3-6,9,11-13,15,18H,2,7-8,10,14H2,1H3,(H,26,27,28)/t18-/m0/s1. The van der Waals surface area contributed by atoms with Gasteiger partial charge in [0, 0.05) is 43.7 Å². The second kappa shape index (κ2) is 8.29. The highest BCUT2D eigenvalue weighted by Crippen LogP contribution is 2.39. The molecule has 3 aromatic heterocycles. The van der Waals surface area contributed by atoms with Crippen molar-refractivity contribution in [3.05, 3.63) is 66.9 Å². The van der Waals surface area contributed by atoms with Gasteiger partial charge in [-0.15, -0.1) is 0 Å². The van der Waals surface area contributed by atoms with E-state index < -0.39 is 0 Å². The van der Waals surface area contributed by atoms with Crippen molar-refractivity contribution in [1.82, 2.24) is 29.1 Å². The number of aromatic nitrogens is 6. The molecule has 1 atom stereocenters. The quantitative estimate of drug-likeness (QED) is 0.484. The molecule has 0 radical (unpaired) electrons. The van der Waals surface area contributed by atoms with Crippen LogP contribution in [0, 0.1) is 5.82 Å². The second-order valence-electron chi connectivity index (χ2n) is 7.75. The number of nitrogens with zero attached hydrogens (tertiary/aromatic N) is 6. The molecule has 0 amide bonds. The van der Waals surface area contributed by atoms with Crippen LogP contribution in [0.4, 0.5) is 10.3 Å². The molecule has 4 heterocycles. The van der Waals surface area contributed by atoms with Gasteiger partial charge in [0.1, 0.15) is 11.6 Å². The Morgan fingerprint density at radius 1 is 1.13 bits per heavy atom. The van der Waals surface area contributed by atoms with E-state index >= 15 is 0 Å². The topological polar surface area (TPSA) is 73.5 Å². The van der Waals surface area contributed by atoms with E-state index in [-0.39, 0.29) is 11.9 Å². The highest BCUT2D eigenvalue weighted by Gasteiger charge is 2.31. The summed E-state index contributed by atoms with van der Waals surface area (Å²) in [5.41, 5.74) is 3.46. The summed E-state index contributed by atoms with van der Waals surface area (Å²) in [7, 11) is 0.